The lowest BCUT2D eigenvalue weighted by molar-refractivity contribution is -0.123. The van der Waals surface area contributed by atoms with Crippen LogP contribution in [-0.2, 0) is 19.2 Å². The molecular weight excluding hydrogens is 564 g/mol. The molecule has 1 fully saturated rings. The number of fused-ring (bicyclic) bond motifs is 3. The van der Waals surface area contributed by atoms with Crippen molar-refractivity contribution in [3.05, 3.63) is 118 Å². The van der Waals surface area contributed by atoms with E-state index < -0.39 is 23.7 Å². The zero-order chi connectivity index (χ0) is 30.0. The second-order valence-electron chi connectivity index (χ2n) is 11.5. The third-order valence-electron chi connectivity index (χ3n) is 9.05. The molecule has 7 rings (SSSR count). The number of anilines is 3. The van der Waals surface area contributed by atoms with E-state index in [1.165, 1.54) is 17.0 Å². The Bertz CT molecular complexity index is 1820. The molecule has 0 bridgehead atoms. The van der Waals surface area contributed by atoms with Crippen LogP contribution in [0.1, 0.15) is 31.2 Å². The highest BCUT2D eigenvalue weighted by atomic mass is 35.5. The van der Waals surface area contributed by atoms with Crippen molar-refractivity contribution in [3.8, 4) is 5.75 Å². The maximum absolute atomic E-state index is 14.1. The minimum absolute atomic E-state index is 0.0583. The minimum Gasteiger partial charge on any atom is -0.508 e. The summed E-state index contributed by atoms with van der Waals surface area (Å²) in [6, 6.07) is 21.4. The van der Waals surface area contributed by atoms with Gasteiger partial charge in [-0.1, -0.05) is 41.4 Å². The van der Waals surface area contributed by atoms with Crippen LogP contribution in [0.5, 0.6) is 5.75 Å². The van der Waals surface area contributed by atoms with Gasteiger partial charge in [-0.3, -0.25) is 24.1 Å². The van der Waals surface area contributed by atoms with Gasteiger partial charge in [0.25, 0.3) is 0 Å². The third kappa shape index (κ3) is 4.34. The van der Waals surface area contributed by atoms with Gasteiger partial charge in [-0.25, -0.2) is 0 Å². The number of rotatable bonds is 4. The molecule has 7 nitrogen and oxygen atoms in total. The number of benzene rings is 3. The standard InChI is InChI=1S/C35H27ClN2O5/c1-18-15-29(40)27-17-25-23(30(32(27)33(18)41)26-16-19(36)7-14-28(26)39)12-13-24-31(25)35(43)38(34(24)42)22-10-8-21(9-11-22)37-20-5-3-2-4-6-20/h2-12,14-16,24-25,30-31,37,39H,13,17H2,1H3. The molecule has 3 aliphatic carbocycles. The number of imide groups is 1. The molecule has 214 valence electrons. The van der Waals surface area contributed by atoms with Crippen molar-refractivity contribution >= 4 is 52.0 Å². The van der Waals surface area contributed by atoms with Crippen LogP contribution in [0, 0.1) is 17.8 Å². The summed E-state index contributed by atoms with van der Waals surface area (Å²) in [5.74, 6) is -3.76. The summed E-state index contributed by atoms with van der Waals surface area (Å²) in [4.78, 5) is 56.0. The van der Waals surface area contributed by atoms with Crippen molar-refractivity contribution in [2.24, 2.45) is 17.8 Å². The first-order chi connectivity index (χ1) is 20.7. The summed E-state index contributed by atoms with van der Waals surface area (Å²) in [7, 11) is 0. The Hall–Kier alpha value is -4.75. The molecule has 4 atom stereocenters. The maximum Gasteiger partial charge on any atom is 0.238 e. The quantitative estimate of drug-likeness (QED) is 0.206. The Kier molecular flexibility index (Phi) is 6.43. The largest absolute Gasteiger partial charge is 0.508 e. The number of hydrogen-bond acceptors (Lipinski definition) is 6. The number of carbonyl (C=O) groups excluding carboxylic acids is 4. The minimum atomic E-state index is -0.756. The molecule has 1 heterocycles. The highest BCUT2D eigenvalue weighted by Gasteiger charge is 2.56. The van der Waals surface area contributed by atoms with Gasteiger partial charge in [0, 0.05) is 44.6 Å². The molecule has 1 saturated heterocycles. The zero-order valence-electron chi connectivity index (χ0n) is 23.2. The average Bonchev–Trinajstić information content (AvgIpc) is 3.26. The van der Waals surface area contributed by atoms with Crippen molar-refractivity contribution in [1.29, 1.82) is 0 Å². The molecule has 4 unspecified atom stereocenters. The number of phenols is 1. The molecule has 0 radical (unpaired) electrons. The van der Waals surface area contributed by atoms with E-state index in [0.29, 0.717) is 39.4 Å². The number of para-hydroxylation sites is 1. The number of amides is 2. The smallest absolute Gasteiger partial charge is 0.238 e. The Morgan fingerprint density at radius 1 is 0.884 bits per heavy atom. The van der Waals surface area contributed by atoms with Crippen LogP contribution in [0.4, 0.5) is 17.1 Å². The number of aromatic hydroxyl groups is 1. The first-order valence-corrected chi connectivity index (χ1v) is 14.6. The SMILES string of the molecule is CC1=CC(=O)C2=C(C1=O)C(c1cc(Cl)ccc1O)C1=CCC3C(=O)N(c4ccc(Nc5ccccc5)cc4)C(=O)C3C1C2. The lowest BCUT2D eigenvalue weighted by atomic mass is 9.59. The van der Waals surface area contributed by atoms with Gasteiger partial charge in [-0.15, -0.1) is 0 Å². The van der Waals surface area contributed by atoms with Gasteiger partial charge in [0.05, 0.1) is 17.5 Å². The van der Waals surface area contributed by atoms with Crippen LogP contribution in [0.25, 0.3) is 0 Å². The fourth-order valence-corrected chi connectivity index (χ4v) is 7.29. The lowest BCUT2D eigenvalue weighted by Crippen LogP contribution is -2.39. The number of Topliss-reactive ketones (excluding diaryl/α,β-unsaturated/α-hetero) is 1. The van der Waals surface area contributed by atoms with Gasteiger partial charge in [0.2, 0.25) is 11.8 Å². The number of nitrogens with one attached hydrogen (secondary N) is 1. The molecule has 3 aromatic rings. The molecule has 43 heavy (non-hydrogen) atoms. The summed E-state index contributed by atoms with van der Waals surface area (Å²) in [5.41, 5.74) is 4.35. The van der Waals surface area contributed by atoms with Crippen LogP contribution >= 0.6 is 11.6 Å². The summed E-state index contributed by atoms with van der Waals surface area (Å²) >= 11 is 6.33. The van der Waals surface area contributed by atoms with Crippen molar-refractivity contribution in [1.82, 2.24) is 0 Å². The van der Waals surface area contributed by atoms with Gasteiger partial charge in [-0.2, -0.15) is 0 Å². The molecule has 4 aliphatic rings. The second-order valence-corrected chi connectivity index (χ2v) is 11.9. The average molecular weight is 591 g/mol. The summed E-state index contributed by atoms with van der Waals surface area (Å²) in [6.45, 7) is 1.61. The number of halogens is 1. The monoisotopic (exact) mass is 590 g/mol. The van der Waals surface area contributed by atoms with E-state index >= 15 is 0 Å². The van der Waals surface area contributed by atoms with Gasteiger partial charge in [0.15, 0.2) is 11.6 Å². The number of nitrogens with zero attached hydrogens (tertiary/aromatic N) is 1. The molecule has 0 spiro atoms. The normalized spacial score (nSPS) is 24.7. The third-order valence-corrected chi connectivity index (χ3v) is 9.29. The van der Waals surface area contributed by atoms with E-state index in [2.05, 4.69) is 5.32 Å². The van der Waals surface area contributed by atoms with Crippen LogP contribution < -0.4 is 10.2 Å². The van der Waals surface area contributed by atoms with Gasteiger partial charge in [-0.05, 0) is 86.4 Å². The van der Waals surface area contributed by atoms with Gasteiger partial charge >= 0.3 is 0 Å². The van der Waals surface area contributed by atoms with Crippen molar-refractivity contribution < 1.29 is 24.3 Å². The maximum atomic E-state index is 14.1. The Morgan fingerprint density at radius 2 is 1.60 bits per heavy atom. The van der Waals surface area contributed by atoms with E-state index in [-0.39, 0.29) is 35.6 Å². The molecule has 2 N–H and O–H groups in total. The fourth-order valence-electron chi connectivity index (χ4n) is 7.11. The molecule has 0 saturated carbocycles. The molecule has 1 aliphatic heterocycles. The van der Waals surface area contributed by atoms with Crippen LogP contribution in [0.15, 0.2) is 107 Å². The number of phenolic OH excluding ortho intramolecular Hbond substituents is 1. The number of carbonyl (C=O) groups is 4. The van der Waals surface area contributed by atoms with Gasteiger partial charge in [0.1, 0.15) is 5.75 Å². The van der Waals surface area contributed by atoms with E-state index in [0.717, 1.165) is 16.9 Å². The van der Waals surface area contributed by atoms with E-state index in [4.69, 9.17) is 11.6 Å². The predicted molar refractivity (Wildman–Crippen MR) is 163 cm³/mol. The van der Waals surface area contributed by atoms with Crippen LogP contribution in [0.2, 0.25) is 5.02 Å². The Morgan fingerprint density at radius 3 is 2.35 bits per heavy atom. The Labute approximate surface area is 253 Å². The van der Waals surface area contributed by atoms with Crippen molar-refractivity contribution in [3.63, 3.8) is 0 Å². The van der Waals surface area contributed by atoms with E-state index in [1.54, 1.807) is 31.2 Å². The molecule has 8 heteroatoms. The predicted octanol–water partition coefficient (Wildman–Crippen LogP) is 6.42. The van der Waals surface area contributed by atoms with Crippen molar-refractivity contribution in [2.45, 2.75) is 25.7 Å². The van der Waals surface area contributed by atoms with E-state index in [1.807, 2.05) is 48.5 Å². The molecule has 0 aromatic heterocycles. The van der Waals surface area contributed by atoms with E-state index in [9.17, 15) is 24.3 Å². The Balaban J connectivity index is 1.26. The summed E-state index contributed by atoms with van der Waals surface area (Å²) in [5, 5.41) is 14.6. The van der Waals surface area contributed by atoms with Crippen LogP contribution in [-0.4, -0.2) is 28.5 Å². The van der Waals surface area contributed by atoms with Crippen molar-refractivity contribution in [2.75, 3.05) is 10.2 Å². The van der Waals surface area contributed by atoms with Gasteiger partial charge < -0.3 is 10.4 Å². The first kappa shape index (κ1) is 27.1. The lowest BCUT2D eigenvalue weighted by Gasteiger charge is -2.42. The number of allylic oxidation sites excluding steroid dienone is 6. The first-order valence-electron chi connectivity index (χ1n) is 14.2. The molecule has 2 amide bonds. The highest BCUT2D eigenvalue weighted by Crippen LogP contribution is 2.56. The fraction of sp³-hybridized carbons (Fsp3) is 0.200. The summed E-state index contributed by atoms with van der Waals surface area (Å²) < 4.78 is 0. The zero-order valence-corrected chi connectivity index (χ0v) is 24.0. The highest BCUT2D eigenvalue weighted by molar-refractivity contribution is 6.30. The second kappa shape index (κ2) is 10.2. The van der Waals surface area contributed by atoms with Crippen LogP contribution in [0.3, 0.4) is 0 Å². The number of ketones is 2. The number of hydrogen-bond donors (Lipinski definition) is 2. The molecular formula is C35H27ClN2O5. The summed E-state index contributed by atoms with van der Waals surface area (Å²) in [6.07, 6.45) is 3.74. The molecule has 3 aromatic carbocycles. The topological polar surface area (TPSA) is 104 Å².